The van der Waals surface area contributed by atoms with Crippen LogP contribution in [0.15, 0.2) is 36.0 Å². The Kier molecular flexibility index (Phi) is 13.6. The lowest BCUT2D eigenvalue weighted by Gasteiger charge is -2.33. The molecule has 8 heteroatoms. The van der Waals surface area contributed by atoms with Crippen molar-refractivity contribution in [1.29, 1.82) is 0 Å². The summed E-state index contributed by atoms with van der Waals surface area (Å²) in [5.74, 6) is -0.372. The van der Waals surface area contributed by atoms with Gasteiger partial charge in [-0.2, -0.15) is 0 Å². The molecule has 1 saturated heterocycles. The number of methoxy groups -OCH3 is 2. The van der Waals surface area contributed by atoms with E-state index in [1.54, 1.807) is 20.1 Å². The number of hydrogen-bond donors (Lipinski definition) is 1. The van der Waals surface area contributed by atoms with Crippen LogP contribution in [0.25, 0.3) is 0 Å². The fourth-order valence-electron chi connectivity index (χ4n) is 5.53. The first-order chi connectivity index (χ1) is 18.8. The molecule has 2 aliphatic rings. The van der Waals surface area contributed by atoms with E-state index in [1.165, 1.54) is 14.0 Å². The number of carbonyl (C=O) groups is 2. The lowest BCUT2D eigenvalue weighted by Crippen LogP contribution is -2.42. The standard InChI is InChI=1S/C32H52O8/c1-10-26(37-9)23(5)31-27(39-31)18-20(2)12-11-13-21(3)30-22(4)14-15-28(38-24(6)33)32(7,35)17-16-25(36-8)19-29(34)40-30/h11-15,20,22-23,25-28,30-31,35H,10,16-19H2,1-9H3/b12-11+,15-14+,21-13+. The molecule has 10 atom stereocenters. The van der Waals surface area contributed by atoms with Gasteiger partial charge in [0.2, 0.25) is 0 Å². The number of epoxide rings is 1. The summed E-state index contributed by atoms with van der Waals surface area (Å²) in [7, 11) is 3.30. The van der Waals surface area contributed by atoms with Crippen LogP contribution >= 0.6 is 0 Å². The first-order valence-corrected chi connectivity index (χ1v) is 14.7. The number of carbonyl (C=O) groups excluding carboxylic acids is 2. The molecule has 0 radical (unpaired) electrons. The van der Waals surface area contributed by atoms with Crippen molar-refractivity contribution in [3.63, 3.8) is 0 Å². The van der Waals surface area contributed by atoms with Crippen LogP contribution in [0.1, 0.15) is 80.6 Å². The van der Waals surface area contributed by atoms with Crippen LogP contribution in [0.3, 0.4) is 0 Å². The van der Waals surface area contributed by atoms with E-state index in [1.807, 2.05) is 32.1 Å². The number of allylic oxidation sites excluding steroid dienone is 3. The molecule has 0 bridgehead atoms. The van der Waals surface area contributed by atoms with Gasteiger partial charge < -0.3 is 28.8 Å². The van der Waals surface area contributed by atoms with Crippen molar-refractivity contribution in [2.45, 2.75) is 123 Å². The van der Waals surface area contributed by atoms with E-state index in [-0.39, 0.29) is 43.0 Å². The summed E-state index contributed by atoms with van der Waals surface area (Å²) in [6, 6.07) is 0. The second-order valence-corrected chi connectivity index (χ2v) is 11.8. The molecule has 0 amide bonds. The van der Waals surface area contributed by atoms with Crippen LogP contribution in [0.2, 0.25) is 0 Å². The molecule has 2 rings (SSSR count). The van der Waals surface area contributed by atoms with Gasteiger partial charge in [-0.25, -0.2) is 0 Å². The van der Waals surface area contributed by atoms with E-state index in [4.69, 9.17) is 23.7 Å². The summed E-state index contributed by atoms with van der Waals surface area (Å²) in [5, 5.41) is 11.1. The minimum absolute atomic E-state index is 0.0703. The maximum atomic E-state index is 12.9. The Labute approximate surface area is 241 Å². The quantitative estimate of drug-likeness (QED) is 0.155. The monoisotopic (exact) mass is 564 g/mol. The van der Waals surface area contributed by atoms with Crippen molar-refractivity contribution in [2.24, 2.45) is 17.8 Å². The highest BCUT2D eigenvalue weighted by Gasteiger charge is 2.45. The Morgan fingerprint density at radius 1 is 1.25 bits per heavy atom. The lowest BCUT2D eigenvalue weighted by molar-refractivity contribution is -0.157. The van der Waals surface area contributed by atoms with Gasteiger partial charge in [0, 0.05) is 33.0 Å². The minimum Gasteiger partial charge on any atom is -0.457 e. The molecule has 0 saturated carbocycles. The molecule has 2 aliphatic heterocycles. The molecular weight excluding hydrogens is 512 g/mol. The van der Waals surface area contributed by atoms with Crippen LogP contribution in [0.5, 0.6) is 0 Å². The molecule has 1 N–H and O–H groups in total. The fraction of sp³-hybridized carbons (Fsp3) is 0.750. The van der Waals surface area contributed by atoms with Crippen molar-refractivity contribution >= 4 is 11.9 Å². The van der Waals surface area contributed by atoms with Crippen molar-refractivity contribution < 1.29 is 38.4 Å². The molecular formula is C32H52O8. The van der Waals surface area contributed by atoms with Crippen LogP contribution in [-0.2, 0) is 33.3 Å². The van der Waals surface area contributed by atoms with Crippen molar-refractivity contribution in [2.75, 3.05) is 14.2 Å². The molecule has 0 aromatic heterocycles. The SMILES string of the molecule is CCC(OC)C(C)C1OC1CC(C)/C=C/C=C(\C)C1OC(=O)CC(OC)CCC(C)(O)C(OC(C)=O)/C=C/C1C. The third kappa shape index (κ3) is 10.4. The number of aliphatic hydroxyl groups is 1. The molecule has 1 fully saturated rings. The van der Waals surface area contributed by atoms with Gasteiger partial charge in [0.15, 0.2) is 0 Å². The van der Waals surface area contributed by atoms with Gasteiger partial charge >= 0.3 is 11.9 Å². The molecule has 10 unspecified atom stereocenters. The average Bonchev–Trinajstić information content (AvgIpc) is 3.65. The number of ether oxygens (including phenoxy) is 5. The first-order valence-electron chi connectivity index (χ1n) is 14.7. The highest BCUT2D eigenvalue weighted by atomic mass is 16.6. The summed E-state index contributed by atoms with van der Waals surface area (Å²) in [4.78, 5) is 24.6. The highest BCUT2D eigenvalue weighted by molar-refractivity contribution is 5.70. The molecule has 40 heavy (non-hydrogen) atoms. The molecule has 0 aromatic carbocycles. The van der Waals surface area contributed by atoms with Crippen LogP contribution < -0.4 is 0 Å². The fourth-order valence-corrected chi connectivity index (χ4v) is 5.53. The van der Waals surface area contributed by atoms with Gasteiger partial charge in [-0.3, -0.25) is 9.59 Å². The second kappa shape index (κ2) is 15.9. The topological polar surface area (TPSA) is 104 Å². The molecule has 0 spiro atoms. The molecule has 0 aliphatic carbocycles. The maximum absolute atomic E-state index is 12.9. The van der Waals surface area contributed by atoms with E-state index in [2.05, 4.69) is 26.8 Å². The van der Waals surface area contributed by atoms with Crippen molar-refractivity contribution in [1.82, 2.24) is 0 Å². The van der Waals surface area contributed by atoms with E-state index < -0.39 is 29.9 Å². The molecule has 8 nitrogen and oxygen atoms in total. The van der Waals surface area contributed by atoms with Crippen molar-refractivity contribution in [3.8, 4) is 0 Å². The van der Waals surface area contributed by atoms with E-state index in [0.29, 0.717) is 18.3 Å². The van der Waals surface area contributed by atoms with Crippen LogP contribution in [0, 0.1) is 17.8 Å². The third-order valence-electron chi connectivity index (χ3n) is 8.21. The lowest BCUT2D eigenvalue weighted by atomic mass is 9.88. The Bertz CT molecular complexity index is 903. The number of cyclic esters (lactones) is 1. The highest BCUT2D eigenvalue weighted by Crippen LogP contribution is 2.37. The molecule has 228 valence electrons. The average molecular weight is 565 g/mol. The van der Waals surface area contributed by atoms with Crippen LogP contribution in [-0.4, -0.2) is 73.5 Å². The van der Waals surface area contributed by atoms with Gasteiger partial charge in [0.05, 0.1) is 30.8 Å². The number of rotatable bonds is 11. The molecule has 0 aromatic rings. The summed E-state index contributed by atoms with van der Waals surface area (Å²) in [6.45, 7) is 13.3. The van der Waals surface area contributed by atoms with Crippen LogP contribution in [0.4, 0.5) is 0 Å². The van der Waals surface area contributed by atoms with E-state index in [0.717, 1.165) is 18.4 Å². The second-order valence-electron chi connectivity index (χ2n) is 11.8. The largest absolute Gasteiger partial charge is 0.457 e. The zero-order valence-corrected chi connectivity index (χ0v) is 25.9. The third-order valence-corrected chi connectivity index (χ3v) is 8.21. The summed E-state index contributed by atoms with van der Waals surface area (Å²) in [5.41, 5.74) is -0.430. The Morgan fingerprint density at radius 2 is 1.95 bits per heavy atom. The smallest absolute Gasteiger partial charge is 0.309 e. The maximum Gasteiger partial charge on any atom is 0.309 e. The van der Waals surface area contributed by atoms with Gasteiger partial charge in [0.25, 0.3) is 0 Å². The number of hydrogen-bond acceptors (Lipinski definition) is 8. The van der Waals surface area contributed by atoms with Crippen molar-refractivity contribution in [3.05, 3.63) is 36.0 Å². The summed E-state index contributed by atoms with van der Waals surface area (Å²) < 4.78 is 28.4. The summed E-state index contributed by atoms with van der Waals surface area (Å²) >= 11 is 0. The van der Waals surface area contributed by atoms with E-state index in [9.17, 15) is 14.7 Å². The predicted octanol–water partition coefficient (Wildman–Crippen LogP) is 5.33. The Balaban J connectivity index is 2.14. The van der Waals surface area contributed by atoms with E-state index >= 15 is 0 Å². The Morgan fingerprint density at radius 3 is 2.55 bits per heavy atom. The predicted molar refractivity (Wildman–Crippen MR) is 155 cm³/mol. The van der Waals surface area contributed by atoms with Gasteiger partial charge in [-0.15, -0.1) is 0 Å². The number of esters is 2. The minimum atomic E-state index is -1.32. The zero-order chi connectivity index (χ0) is 30.0. The zero-order valence-electron chi connectivity index (χ0n) is 25.9. The summed E-state index contributed by atoms with van der Waals surface area (Å²) in [6.07, 6.45) is 11.3. The van der Waals surface area contributed by atoms with Gasteiger partial charge in [0.1, 0.15) is 17.8 Å². The molecule has 2 heterocycles. The normalized spacial score (nSPS) is 35.1. The first kappa shape index (κ1) is 34.2. The van der Waals surface area contributed by atoms with Gasteiger partial charge in [-0.05, 0) is 57.1 Å². The van der Waals surface area contributed by atoms with Gasteiger partial charge in [-0.1, -0.05) is 52.0 Å². The Hall–Kier alpha value is -2.00.